The standard InChI is InChI=1S/C15H19NO5S/c1-9-5-7-12(8-6-9)22-11(3)14(18)21-10(2)13(17)16-15(19)20-4/h5-8,10-11H,1-4H3,(H,16,17,19)/t10-,11+/m1/s1. The van der Waals surface area contributed by atoms with Gasteiger partial charge < -0.3 is 9.47 Å². The summed E-state index contributed by atoms with van der Waals surface area (Å²) in [5, 5.41) is 1.47. The van der Waals surface area contributed by atoms with Crippen molar-refractivity contribution in [2.75, 3.05) is 7.11 Å². The van der Waals surface area contributed by atoms with Gasteiger partial charge in [0.2, 0.25) is 0 Å². The monoisotopic (exact) mass is 325 g/mol. The van der Waals surface area contributed by atoms with E-state index in [4.69, 9.17) is 4.74 Å². The van der Waals surface area contributed by atoms with Gasteiger partial charge in [0, 0.05) is 4.90 Å². The lowest BCUT2D eigenvalue weighted by atomic mass is 10.2. The largest absolute Gasteiger partial charge is 0.453 e. The highest BCUT2D eigenvalue weighted by Crippen LogP contribution is 2.24. The normalized spacial score (nSPS) is 12.9. The molecule has 0 fully saturated rings. The molecule has 0 aliphatic rings. The number of alkyl carbamates (subject to hydrolysis) is 1. The highest BCUT2D eigenvalue weighted by molar-refractivity contribution is 8.00. The molecule has 22 heavy (non-hydrogen) atoms. The number of hydrogen-bond donors (Lipinski definition) is 1. The first-order valence-corrected chi connectivity index (χ1v) is 7.54. The van der Waals surface area contributed by atoms with Crippen molar-refractivity contribution in [1.29, 1.82) is 0 Å². The van der Waals surface area contributed by atoms with E-state index in [0.29, 0.717) is 0 Å². The molecule has 120 valence electrons. The molecule has 0 aromatic heterocycles. The number of hydrogen-bond acceptors (Lipinski definition) is 6. The minimum absolute atomic E-state index is 0.476. The van der Waals surface area contributed by atoms with E-state index >= 15 is 0 Å². The smallest absolute Gasteiger partial charge is 0.413 e. The van der Waals surface area contributed by atoms with E-state index in [1.54, 1.807) is 6.92 Å². The van der Waals surface area contributed by atoms with Crippen molar-refractivity contribution >= 4 is 29.7 Å². The topological polar surface area (TPSA) is 81.7 Å². The average Bonchev–Trinajstić information content (AvgIpc) is 2.49. The van der Waals surface area contributed by atoms with Crippen LogP contribution >= 0.6 is 11.8 Å². The summed E-state index contributed by atoms with van der Waals surface area (Å²) in [6.07, 6.45) is -1.97. The van der Waals surface area contributed by atoms with Crippen LogP contribution < -0.4 is 5.32 Å². The van der Waals surface area contributed by atoms with Crippen LogP contribution in [0.1, 0.15) is 19.4 Å². The van der Waals surface area contributed by atoms with Crippen LogP contribution in [0, 0.1) is 6.92 Å². The van der Waals surface area contributed by atoms with Crippen molar-refractivity contribution in [3.63, 3.8) is 0 Å². The zero-order valence-electron chi connectivity index (χ0n) is 12.9. The number of imide groups is 1. The third-order valence-electron chi connectivity index (χ3n) is 2.74. The number of benzene rings is 1. The molecule has 1 aromatic rings. The zero-order chi connectivity index (χ0) is 16.7. The van der Waals surface area contributed by atoms with E-state index in [-0.39, 0.29) is 0 Å². The number of rotatable bonds is 5. The van der Waals surface area contributed by atoms with E-state index in [2.05, 4.69) is 4.74 Å². The molecule has 2 amide bonds. The molecule has 0 bridgehead atoms. The van der Waals surface area contributed by atoms with E-state index in [1.165, 1.54) is 18.7 Å². The Morgan fingerprint density at radius 3 is 2.27 bits per heavy atom. The lowest BCUT2D eigenvalue weighted by Crippen LogP contribution is -2.40. The maximum Gasteiger partial charge on any atom is 0.413 e. The number of aryl methyl sites for hydroxylation is 1. The summed E-state index contributed by atoms with van der Waals surface area (Å²) in [6, 6.07) is 7.73. The zero-order valence-corrected chi connectivity index (χ0v) is 13.7. The van der Waals surface area contributed by atoms with Crippen molar-refractivity contribution in [2.45, 2.75) is 37.0 Å². The summed E-state index contributed by atoms with van der Waals surface area (Å²) >= 11 is 1.33. The Kier molecular flexibility index (Phi) is 6.91. The number of methoxy groups -OCH3 is 1. The van der Waals surface area contributed by atoms with Crippen LogP contribution in [0.5, 0.6) is 0 Å². The fourth-order valence-corrected chi connectivity index (χ4v) is 2.30. The molecule has 0 radical (unpaired) electrons. The number of ether oxygens (including phenoxy) is 2. The molecule has 0 aliphatic heterocycles. The second kappa shape index (κ2) is 8.43. The van der Waals surface area contributed by atoms with Gasteiger partial charge in [-0.2, -0.15) is 0 Å². The third kappa shape index (κ3) is 5.77. The van der Waals surface area contributed by atoms with Crippen LogP contribution in [0.4, 0.5) is 4.79 Å². The maximum atomic E-state index is 11.9. The average molecular weight is 325 g/mol. The number of carbonyl (C=O) groups is 3. The van der Waals surface area contributed by atoms with Gasteiger partial charge in [-0.3, -0.25) is 14.9 Å². The first-order chi connectivity index (χ1) is 10.3. The molecular weight excluding hydrogens is 306 g/mol. The molecule has 0 saturated carbocycles. The van der Waals surface area contributed by atoms with E-state index < -0.39 is 29.3 Å². The Labute approximate surface area is 133 Å². The van der Waals surface area contributed by atoms with E-state index in [0.717, 1.165) is 17.6 Å². The molecular formula is C15H19NO5S. The van der Waals surface area contributed by atoms with Crippen molar-refractivity contribution in [1.82, 2.24) is 5.32 Å². The second-order valence-electron chi connectivity index (χ2n) is 4.63. The van der Waals surface area contributed by atoms with Gasteiger partial charge in [0.25, 0.3) is 5.91 Å². The highest BCUT2D eigenvalue weighted by atomic mass is 32.2. The molecule has 7 heteroatoms. The summed E-state index contributed by atoms with van der Waals surface area (Å²) < 4.78 is 9.33. The van der Waals surface area contributed by atoms with Crippen molar-refractivity contribution < 1.29 is 23.9 Å². The number of esters is 1. The Bertz CT molecular complexity index is 543. The molecule has 1 aromatic carbocycles. The van der Waals surface area contributed by atoms with Crippen molar-refractivity contribution in [3.05, 3.63) is 29.8 Å². The minimum atomic E-state index is -1.08. The summed E-state index contributed by atoms with van der Waals surface area (Å²) in [5.41, 5.74) is 1.13. The summed E-state index contributed by atoms with van der Waals surface area (Å²) in [7, 11) is 1.14. The number of nitrogens with one attached hydrogen (secondary N) is 1. The number of amides is 2. The van der Waals surface area contributed by atoms with Gasteiger partial charge in [-0.1, -0.05) is 17.7 Å². The predicted molar refractivity (Wildman–Crippen MR) is 82.6 cm³/mol. The number of thioether (sulfide) groups is 1. The molecule has 6 nitrogen and oxygen atoms in total. The maximum absolute atomic E-state index is 11.9. The Morgan fingerprint density at radius 2 is 1.73 bits per heavy atom. The summed E-state index contributed by atoms with van der Waals surface area (Å²) in [6.45, 7) is 5.06. The lowest BCUT2D eigenvalue weighted by molar-refractivity contribution is -0.153. The Morgan fingerprint density at radius 1 is 1.14 bits per heavy atom. The SMILES string of the molecule is COC(=O)NC(=O)[C@@H](C)OC(=O)[C@H](C)Sc1ccc(C)cc1. The van der Waals surface area contributed by atoms with Gasteiger partial charge >= 0.3 is 12.1 Å². The molecule has 2 atom stereocenters. The van der Waals surface area contributed by atoms with Gasteiger partial charge in [0.05, 0.1) is 7.11 Å². The summed E-state index contributed by atoms with van der Waals surface area (Å²) in [5.74, 6) is -1.26. The van der Waals surface area contributed by atoms with Crippen molar-refractivity contribution in [2.24, 2.45) is 0 Å². The first kappa shape index (κ1) is 18.0. The van der Waals surface area contributed by atoms with E-state index in [1.807, 2.05) is 36.5 Å². The van der Waals surface area contributed by atoms with Crippen LogP contribution in [0.3, 0.4) is 0 Å². The molecule has 0 heterocycles. The van der Waals surface area contributed by atoms with Gasteiger partial charge in [0.15, 0.2) is 6.10 Å². The molecule has 0 spiro atoms. The highest BCUT2D eigenvalue weighted by Gasteiger charge is 2.24. The fourth-order valence-electron chi connectivity index (χ4n) is 1.45. The molecule has 1 N–H and O–H groups in total. The molecule has 1 rings (SSSR count). The van der Waals surface area contributed by atoms with Crippen molar-refractivity contribution in [3.8, 4) is 0 Å². The van der Waals surface area contributed by atoms with Gasteiger partial charge in [-0.25, -0.2) is 4.79 Å². The van der Waals surface area contributed by atoms with Crippen LogP contribution in [0.25, 0.3) is 0 Å². The first-order valence-electron chi connectivity index (χ1n) is 6.66. The minimum Gasteiger partial charge on any atom is -0.453 e. The molecule has 0 aliphatic carbocycles. The summed E-state index contributed by atoms with van der Waals surface area (Å²) in [4.78, 5) is 35.4. The fraction of sp³-hybridized carbons (Fsp3) is 0.400. The molecule has 0 unspecified atom stereocenters. The lowest BCUT2D eigenvalue weighted by Gasteiger charge is -2.15. The van der Waals surface area contributed by atoms with Crippen LogP contribution in [0.2, 0.25) is 0 Å². The van der Waals surface area contributed by atoms with Gasteiger partial charge in [0.1, 0.15) is 5.25 Å². The quantitative estimate of drug-likeness (QED) is 0.661. The van der Waals surface area contributed by atoms with Gasteiger partial charge in [-0.15, -0.1) is 11.8 Å². The Balaban J connectivity index is 2.51. The molecule has 0 saturated heterocycles. The van der Waals surface area contributed by atoms with E-state index in [9.17, 15) is 14.4 Å². The van der Waals surface area contributed by atoms with Crippen LogP contribution in [0.15, 0.2) is 29.2 Å². The number of carbonyl (C=O) groups excluding carboxylic acids is 3. The van der Waals surface area contributed by atoms with Gasteiger partial charge in [-0.05, 0) is 32.9 Å². The third-order valence-corrected chi connectivity index (χ3v) is 3.83. The second-order valence-corrected chi connectivity index (χ2v) is 6.05. The van der Waals surface area contributed by atoms with Crippen LogP contribution in [-0.4, -0.2) is 36.4 Å². The predicted octanol–water partition coefficient (Wildman–Crippen LogP) is 2.29. The Hall–Kier alpha value is -2.02. The van der Waals surface area contributed by atoms with Crippen LogP contribution in [-0.2, 0) is 19.1 Å².